The van der Waals surface area contributed by atoms with Crippen LogP contribution in [0.3, 0.4) is 0 Å². The van der Waals surface area contributed by atoms with Crippen molar-refractivity contribution in [3.8, 4) is 0 Å². The minimum Gasteiger partial charge on any atom is -0.379 e. The summed E-state index contributed by atoms with van der Waals surface area (Å²) < 4.78 is 11.0. The van der Waals surface area contributed by atoms with Crippen molar-refractivity contribution in [3.63, 3.8) is 0 Å². The van der Waals surface area contributed by atoms with Gasteiger partial charge in [0, 0.05) is 31.3 Å². The van der Waals surface area contributed by atoms with Gasteiger partial charge in [0.15, 0.2) is 5.78 Å². The van der Waals surface area contributed by atoms with Crippen molar-refractivity contribution in [3.05, 3.63) is 0 Å². The van der Waals surface area contributed by atoms with Crippen molar-refractivity contribution in [1.29, 1.82) is 0 Å². The van der Waals surface area contributed by atoms with Gasteiger partial charge in [0.05, 0.1) is 35.5 Å². The first-order chi connectivity index (χ1) is 12.3. The Bertz CT molecular complexity index is 454. The van der Waals surface area contributed by atoms with Gasteiger partial charge in [-0.1, -0.05) is 43.4 Å². The lowest BCUT2D eigenvalue weighted by molar-refractivity contribution is -0.128. The molecule has 0 radical (unpaired) electrons. The Hall–Kier alpha value is -0.0900. The van der Waals surface area contributed by atoms with Crippen LogP contribution in [-0.4, -0.2) is 60.2 Å². The molecule has 0 amide bonds. The summed E-state index contributed by atoms with van der Waals surface area (Å²) in [4.78, 5) is 24.3. The van der Waals surface area contributed by atoms with Gasteiger partial charge in [0.25, 0.3) is 0 Å². The minimum atomic E-state index is -0.657. The van der Waals surface area contributed by atoms with Gasteiger partial charge in [-0.25, -0.2) is 0 Å². The lowest BCUT2D eigenvalue weighted by atomic mass is 9.88. The van der Waals surface area contributed by atoms with Gasteiger partial charge in [-0.15, -0.1) is 0 Å². The van der Waals surface area contributed by atoms with Gasteiger partial charge in [-0.05, 0) is 27.7 Å². The Morgan fingerprint density at radius 3 is 1.81 bits per heavy atom. The van der Waals surface area contributed by atoms with E-state index in [1.807, 2.05) is 34.6 Å². The quantitative estimate of drug-likeness (QED) is 0.156. The van der Waals surface area contributed by atoms with Crippen LogP contribution in [0.4, 0.5) is 0 Å². The Morgan fingerprint density at radius 2 is 1.30 bits per heavy atom. The fourth-order valence-electron chi connectivity index (χ4n) is 2.18. The monoisotopic (exact) mass is 498 g/mol. The summed E-state index contributed by atoms with van der Waals surface area (Å²) in [6.07, 6.45) is 0.773. The van der Waals surface area contributed by atoms with Crippen molar-refractivity contribution in [2.75, 3.05) is 39.5 Å². The minimum absolute atomic E-state index is 0.0683. The summed E-state index contributed by atoms with van der Waals surface area (Å²) in [7, 11) is 0. The second kappa shape index (κ2) is 12.5. The van der Waals surface area contributed by atoms with Gasteiger partial charge in [0.2, 0.25) is 0 Å². The van der Waals surface area contributed by atoms with E-state index in [2.05, 4.69) is 47.1 Å². The molecule has 0 aromatic rings. The molecular weight excluding hydrogens is 459 g/mol. The zero-order valence-corrected chi connectivity index (χ0v) is 20.3. The second-order valence-corrected chi connectivity index (χ2v) is 11.5. The zero-order chi connectivity index (χ0) is 21.1. The van der Waals surface area contributed by atoms with Gasteiger partial charge in [-0.3, -0.25) is 9.59 Å². The van der Waals surface area contributed by atoms with Crippen LogP contribution >= 0.6 is 22.6 Å². The maximum absolute atomic E-state index is 12.3. The molecule has 0 spiro atoms. The maximum atomic E-state index is 12.3. The number of Topliss-reactive ketones (excluding diaryl/α,β-unsaturated/α-hetero) is 2. The number of halogens is 1. The highest BCUT2D eigenvalue weighted by Crippen LogP contribution is 2.16. The van der Waals surface area contributed by atoms with E-state index >= 15 is 0 Å². The lowest BCUT2D eigenvalue weighted by Crippen LogP contribution is -2.48. The number of alkyl halides is 1. The molecule has 0 saturated carbocycles. The van der Waals surface area contributed by atoms with Gasteiger partial charge in [0.1, 0.15) is 5.78 Å². The van der Waals surface area contributed by atoms with Gasteiger partial charge in [-0.2, -0.15) is 0 Å². The highest BCUT2D eigenvalue weighted by Gasteiger charge is 2.27. The number of rotatable bonds is 15. The summed E-state index contributed by atoms with van der Waals surface area (Å²) in [5.41, 5.74) is -0.996. The second-order valence-electron chi connectivity index (χ2n) is 8.77. The van der Waals surface area contributed by atoms with E-state index < -0.39 is 5.54 Å². The molecule has 0 rings (SSSR count). The van der Waals surface area contributed by atoms with E-state index in [-0.39, 0.29) is 20.5 Å². The number of nitrogens with one attached hydrogen (secondary N) is 2. The van der Waals surface area contributed by atoms with Crippen LogP contribution in [0.5, 0.6) is 0 Å². The summed E-state index contributed by atoms with van der Waals surface area (Å²) in [5.74, 6) is 0.277. The molecule has 0 aliphatic rings. The van der Waals surface area contributed by atoms with E-state index in [0.29, 0.717) is 45.8 Å². The van der Waals surface area contributed by atoms with Crippen molar-refractivity contribution in [2.24, 2.45) is 5.41 Å². The molecule has 2 N–H and O–H groups in total. The van der Waals surface area contributed by atoms with Crippen LogP contribution in [0.15, 0.2) is 0 Å². The topological polar surface area (TPSA) is 76.7 Å². The predicted molar refractivity (Wildman–Crippen MR) is 119 cm³/mol. The molecule has 6 nitrogen and oxygen atoms in total. The summed E-state index contributed by atoms with van der Waals surface area (Å²) in [5, 5.41) is 6.53. The normalized spacial score (nSPS) is 13.0. The van der Waals surface area contributed by atoms with Gasteiger partial charge < -0.3 is 20.1 Å². The highest BCUT2D eigenvalue weighted by atomic mass is 127. The molecule has 0 aromatic heterocycles. The Kier molecular flexibility index (Phi) is 12.4. The lowest BCUT2D eigenvalue weighted by Gasteiger charge is -2.26. The molecule has 0 unspecified atom stereocenters. The number of ether oxygens (including phenoxy) is 2. The first-order valence-electron chi connectivity index (χ1n) is 9.67. The smallest absolute Gasteiger partial charge is 0.154 e. The largest absolute Gasteiger partial charge is 0.379 e. The third-order valence-corrected chi connectivity index (χ3v) is 4.47. The molecule has 0 aliphatic carbocycles. The van der Waals surface area contributed by atoms with Crippen molar-refractivity contribution in [2.45, 2.75) is 70.4 Å². The number of carbonyl (C=O) groups is 2. The van der Waals surface area contributed by atoms with E-state index in [4.69, 9.17) is 9.47 Å². The molecule has 0 heterocycles. The van der Waals surface area contributed by atoms with Crippen LogP contribution in [0.2, 0.25) is 0 Å². The molecule has 160 valence electrons. The Balaban J connectivity index is 3.80. The fourth-order valence-corrected chi connectivity index (χ4v) is 2.45. The molecular formula is C20H39IN2O4. The highest BCUT2D eigenvalue weighted by molar-refractivity contribution is 14.1. The molecule has 0 saturated heterocycles. The van der Waals surface area contributed by atoms with Gasteiger partial charge >= 0.3 is 0 Å². The number of hydrogen-bond acceptors (Lipinski definition) is 6. The Labute approximate surface area is 179 Å². The zero-order valence-electron chi connectivity index (χ0n) is 18.2. The third-order valence-electron chi connectivity index (χ3n) is 4.09. The first kappa shape index (κ1) is 26.9. The Morgan fingerprint density at radius 1 is 0.741 bits per heavy atom. The molecule has 0 atom stereocenters. The number of carbonyl (C=O) groups excluding carboxylic acids is 2. The first-order valence-corrected chi connectivity index (χ1v) is 10.7. The third kappa shape index (κ3) is 14.5. The summed E-state index contributed by atoms with van der Waals surface area (Å²) in [6.45, 7) is 17.0. The van der Waals surface area contributed by atoms with E-state index in [0.717, 1.165) is 6.54 Å². The predicted octanol–water partition coefficient (Wildman–Crippen LogP) is 3.11. The number of ketones is 2. The van der Waals surface area contributed by atoms with Crippen molar-refractivity contribution < 1.29 is 19.1 Å². The summed E-state index contributed by atoms with van der Waals surface area (Å²) in [6, 6.07) is 0. The van der Waals surface area contributed by atoms with E-state index in [1.165, 1.54) is 0 Å². The maximum Gasteiger partial charge on any atom is 0.154 e. The molecule has 27 heavy (non-hydrogen) atoms. The average Bonchev–Trinajstić information content (AvgIpc) is 2.50. The average molecular weight is 498 g/mol. The molecule has 7 heteroatoms. The SMILES string of the molecule is CC(C)(I)NCCOCCOCCC(=O)C(C)(C)NCCC(=O)C(C)(C)C. The molecule has 0 aromatic carbocycles. The fraction of sp³-hybridized carbons (Fsp3) is 0.900. The standard InChI is InChI=1S/C20H39IN2O4/c1-18(2,3)16(24)8-10-22-19(4,5)17(25)9-12-26-14-15-27-13-11-23-20(6,7)21/h22-23H,8-15H2,1-7H3. The van der Waals surface area contributed by atoms with Crippen molar-refractivity contribution in [1.82, 2.24) is 10.6 Å². The van der Waals surface area contributed by atoms with Crippen LogP contribution < -0.4 is 10.6 Å². The van der Waals surface area contributed by atoms with E-state index in [9.17, 15) is 9.59 Å². The van der Waals surface area contributed by atoms with Crippen LogP contribution in [0.1, 0.15) is 61.3 Å². The molecule has 0 bridgehead atoms. The van der Waals surface area contributed by atoms with E-state index in [1.54, 1.807) is 0 Å². The summed E-state index contributed by atoms with van der Waals surface area (Å²) >= 11 is 2.34. The van der Waals surface area contributed by atoms with Crippen LogP contribution in [0.25, 0.3) is 0 Å². The molecule has 0 fully saturated rings. The number of hydrogen-bond donors (Lipinski definition) is 2. The van der Waals surface area contributed by atoms with Crippen molar-refractivity contribution >= 4 is 34.2 Å². The molecule has 0 aliphatic heterocycles. The van der Waals surface area contributed by atoms with Crippen LogP contribution in [0, 0.1) is 5.41 Å². The van der Waals surface area contributed by atoms with Crippen LogP contribution in [-0.2, 0) is 19.1 Å².